The van der Waals surface area contributed by atoms with Crippen molar-refractivity contribution in [3.63, 3.8) is 0 Å². The van der Waals surface area contributed by atoms with Gasteiger partial charge in [0, 0.05) is 35.1 Å². The summed E-state index contributed by atoms with van der Waals surface area (Å²) in [7, 11) is 1.63. The van der Waals surface area contributed by atoms with Crippen LogP contribution in [-0.4, -0.2) is 17.1 Å². The number of nitrogens with one attached hydrogen (secondary N) is 1. The molecule has 1 aromatic carbocycles. The maximum Gasteiger partial charge on any atom is 0.119 e. The number of nitrogens with zero attached hydrogens (tertiary/aromatic N) is 2. The number of hydrogen-bond acceptors (Lipinski definition) is 3. The molecule has 4 nitrogen and oxygen atoms in total. The second-order valence-electron chi connectivity index (χ2n) is 4.97. The van der Waals surface area contributed by atoms with Crippen LogP contribution in [0.4, 0.5) is 0 Å². The zero-order valence-corrected chi connectivity index (χ0v) is 12.4. The van der Waals surface area contributed by atoms with E-state index in [1.165, 1.54) is 0 Å². The molecule has 2 heterocycles. The van der Waals surface area contributed by atoms with Gasteiger partial charge in [-0.15, -0.1) is 0 Å². The molecule has 0 amide bonds. The molecular formula is C18H15N3O. The van der Waals surface area contributed by atoms with Gasteiger partial charge in [-0.25, -0.2) is 0 Å². The van der Waals surface area contributed by atoms with Crippen LogP contribution in [0.3, 0.4) is 0 Å². The van der Waals surface area contributed by atoms with E-state index in [1.807, 2.05) is 43.5 Å². The lowest BCUT2D eigenvalue weighted by molar-refractivity contribution is 0.415. The Kier molecular flexibility index (Phi) is 3.63. The summed E-state index contributed by atoms with van der Waals surface area (Å²) in [6.07, 6.45) is 5.35. The minimum absolute atomic E-state index is 0.632. The molecule has 0 unspecified atom stereocenters. The van der Waals surface area contributed by atoms with Gasteiger partial charge >= 0.3 is 0 Å². The average Bonchev–Trinajstić information content (AvgIpc) is 2.99. The Morgan fingerprint density at radius 1 is 1.32 bits per heavy atom. The molecule has 0 saturated carbocycles. The molecule has 4 heteroatoms. The van der Waals surface area contributed by atoms with Crippen LogP contribution in [-0.2, 0) is 0 Å². The summed E-state index contributed by atoms with van der Waals surface area (Å²) in [6.45, 7) is 1.94. The van der Waals surface area contributed by atoms with Crippen LogP contribution in [0.25, 0.3) is 22.0 Å². The van der Waals surface area contributed by atoms with E-state index in [4.69, 9.17) is 4.74 Å². The molecule has 1 N–H and O–H groups in total. The van der Waals surface area contributed by atoms with Crippen LogP contribution in [0.2, 0.25) is 0 Å². The van der Waals surface area contributed by atoms with Crippen LogP contribution >= 0.6 is 0 Å². The lowest BCUT2D eigenvalue weighted by Gasteiger charge is -2.06. The standard InChI is InChI=1S/C18H15N3O/c1-12(13-4-3-7-20-10-13)16(9-19)17-11-21-18-6-5-14(22-2)8-15(17)18/h3-8,10-11,21H,1-2H3/b16-12+. The van der Waals surface area contributed by atoms with Gasteiger partial charge in [0.15, 0.2) is 0 Å². The molecule has 0 aliphatic heterocycles. The fourth-order valence-corrected chi connectivity index (χ4v) is 2.51. The highest BCUT2D eigenvalue weighted by molar-refractivity contribution is 6.05. The Morgan fingerprint density at radius 2 is 2.18 bits per heavy atom. The van der Waals surface area contributed by atoms with Crippen molar-refractivity contribution in [3.8, 4) is 11.8 Å². The average molecular weight is 289 g/mol. The summed E-state index contributed by atoms with van der Waals surface area (Å²) in [4.78, 5) is 7.33. The van der Waals surface area contributed by atoms with Crippen LogP contribution in [0, 0.1) is 11.3 Å². The van der Waals surface area contributed by atoms with Gasteiger partial charge in [-0.2, -0.15) is 5.26 Å². The van der Waals surface area contributed by atoms with Gasteiger partial charge in [-0.05, 0) is 42.3 Å². The number of ether oxygens (including phenoxy) is 1. The number of pyridine rings is 1. The van der Waals surface area contributed by atoms with Gasteiger partial charge in [0.2, 0.25) is 0 Å². The maximum absolute atomic E-state index is 9.64. The molecule has 108 valence electrons. The Labute approximate surface area is 128 Å². The number of methoxy groups -OCH3 is 1. The van der Waals surface area contributed by atoms with Gasteiger partial charge in [-0.1, -0.05) is 6.07 Å². The number of benzene rings is 1. The smallest absolute Gasteiger partial charge is 0.119 e. The number of allylic oxidation sites excluding steroid dienone is 2. The Morgan fingerprint density at radius 3 is 2.86 bits per heavy atom. The lowest BCUT2D eigenvalue weighted by atomic mass is 9.97. The van der Waals surface area contributed by atoms with Crippen molar-refractivity contribution in [1.82, 2.24) is 9.97 Å². The van der Waals surface area contributed by atoms with Crippen molar-refractivity contribution in [2.75, 3.05) is 7.11 Å². The predicted molar refractivity (Wildman–Crippen MR) is 87.2 cm³/mol. The summed E-state index contributed by atoms with van der Waals surface area (Å²) in [5.74, 6) is 0.768. The molecule has 0 spiro atoms. The number of aromatic nitrogens is 2. The van der Waals surface area contributed by atoms with Gasteiger partial charge in [-0.3, -0.25) is 4.98 Å². The predicted octanol–water partition coefficient (Wildman–Crippen LogP) is 4.03. The molecule has 0 aliphatic carbocycles. The lowest BCUT2D eigenvalue weighted by Crippen LogP contribution is -1.88. The number of aromatic amines is 1. The van der Waals surface area contributed by atoms with Crippen molar-refractivity contribution in [1.29, 1.82) is 5.26 Å². The number of rotatable bonds is 3. The van der Waals surface area contributed by atoms with Crippen molar-refractivity contribution in [2.45, 2.75) is 6.92 Å². The third-order valence-electron chi connectivity index (χ3n) is 3.74. The van der Waals surface area contributed by atoms with Crippen LogP contribution in [0.15, 0.2) is 48.9 Å². The van der Waals surface area contributed by atoms with E-state index in [0.717, 1.165) is 33.4 Å². The van der Waals surface area contributed by atoms with E-state index in [1.54, 1.807) is 19.5 Å². The van der Waals surface area contributed by atoms with E-state index < -0.39 is 0 Å². The normalized spacial score (nSPS) is 11.9. The van der Waals surface area contributed by atoms with E-state index in [2.05, 4.69) is 16.0 Å². The summed E-state index contributed by atoms with van der Waals surface area (Å²) < 4.78 is 5.28. The first-order chi connectivity index (χ1) is 10.7. The van der Waals surface area contributed by atoms with Gasteiger partial charge < -0.3 is 9.72 Å². The van der Waals surface area contributed by atoms with Crippen molar-refractivity contribution >= 4 is 22.0 Å². The van der Waals surface area contributed by atoms with E-state index >= 15 is 0 Å². The van der Waals surface area contributed by atoms with E-state index in [-0.39, 0.29) is 0 Å². The minimum Gasteiger partial charge on any atom is -0.497 e. The molecule has 22 heavy (non-hydrogen) atoms. The first-order valence-electron chi connectivity index (χ1n) is 6.91. The first-order valence-corrected chi connectivity index (χ1v) is 6.91. The van der Waals surface area contributed by atoms with Crippen molar-refractivity contribution < 1.29 is 4.74 Å². The highest BCUT2D eigenvalue weighted by atomic mass is 16.5. The Balaban J connectivity index is 2.22. The van der Waals surface area contributed by atoms with Gasteiger partial charge in [0.1, 0.15) is 11.8 Å². The molecule has 0 radical (unpaired) electrons. The molecule has 3 rings (SSSR count). The van der Waals surface area contributed by atoms with Crippen molar-refractivity contribution in [3.05, 3.63) is 60.0 Å². The number of fused-ring (bicyclic) bond motifs is 1. The van der Waals surface area contributed by atoms with E-state index in [9.17, 15) is 5.26 Å². The minimum atomic E-state index is 0.632. The monoisotopic (exact) mass is 289 g/mol. The largest absolute Gasteiger partial charge is 0.497 e. The third kappa shape index (κ3) is 2.33. The highest BCUT2D eigenvalue weighted by Gasteiger charge is 2.13. The van der Waals surface area contributed by atoms with Gasteiger partial charge in [0.05, 0.1) is 12.7 Å². The van der Waals surface area contributed by atoms with Crippen LogP contribution in [0.5, 0.6) is 5.75 Å². The Hall–Kier alpha value is -3.06. The quantitative estimate of drug-likeness (QED) is 0.740. The fraction of sp³-hybridized carbons (Fsp3) is 0.111. The summed E-state index contributed by atoms with van der Waals surface area (Å²) in [5, 5.41) is 10.6. The molecule has 0 fully saturated rings. The summed E-state index contributed by atoms with van der Waals surface area (Å²) in [6, 6.07) is 11.9. The van der Waals surface area contributed by atoms with Crippen LogP contribution in [0.1, 0.15) is 18.1 Å². The second-order valence-corrected chi connectivity index (χ2v) is 4.97. The number of H-pyrrole nitrogens is 1. The zero-order valence-electron chi connectivity index (χ0n) is 12.4. The first kappa shape index (κ1) is 13.9. The molecule has 3 aromatic rings. The maximum atomic E-state index is 9.64. The molecular weight excluding hydrogens is 274 g/mol. The zero-order chi connectivity index (χ0) is 15.5. The third-order valence-corrected chi connectivity index (χ3v) is 3.74. The molecule has 0 saturated heterocycles. The van der Waals surface area contributed by atoms with Crippen molar-refractivity contribution in [2.24, 2.45) is 0 Å². The molecule has 0 atom stereocenters. The summed E-state index contributed by atoms with van der Waals surface area (Å²) in [5.41, 5.74) is 4.32. The van der Waals surface area contributed by atoms with Crippen LogP contribution < -0.4 is 4.74 Å². The molecule has 0 bridgehead atoms. The fourth-order valence-electron chi connectivity index (χ4n) is 2.51. The highest BCUT2D eigenvalue weighted by Crippen LogP contribution is 2.32. The molecule has 0 aliphatic rings. The molecule has 2 aromatic heterocycles. The van der Waals surface area contributed by atoms with E-state index in [0.29, 0.717) is 5.57 Å². The Bertz CT molecular complexity index is 886. The number of nitriles is 1. The van der Waals surface area contributed by atoms with Gasteiger partial charge in [0.25, 0.3) is 0 Å². The second kappa shape index (κ2) is 5.74. The topological polar surface area (TPSA) is 61.7 Å². The summed E-state index contributed by atoms with van der Waals surface area (Å²) >= 11 is 0. The SMILES string of the molecule is COc1ccc2[nH]cc(/C(C#N)=C(\C)c3cccnc3)c2c1. The number of hydrogen-bond donors (Lipinski definition) is 1.